The number of nitrogens with zero attached hydrogens (tertiary/aromatic N) is 2. The van der Waals surface area contributed by atoms with E-state index in [9.17, 15) is 22.8 Å². The predicted octanol–water partition coefficient (Wildman–Crippen LogP) is 1.58. The van der Waals surface area contributed by atoms with Crippen molar-refractivity contribution >= 4 is 11.8 Å². The van der Waals surface area contributed by atoms with Crippen LogP contribution >= 0.6 is 0 Å². The number of hydrogen-bond acceptors (Lipinski definition) is 3. The van der Waals surface area contributed by atoms with Crippen molar-refractivity contribution in [1.29, 1.82) is 0 Å². The highest BCUT2D eigenvalue weighted by molar-refractivity contribution is 5.93. The number of nitrogens with one attached hydrogen (secondary N) is 2. The molecule has 2 N–H and O–H groups in total. The molecule has 0 radical (unpaired) electrons. The van der Waals surface area contributed by atoms with Crippen LogP contribution in [-0.2, 0) is 24.1 Å². The molecular weight excluding hydrogens is 325 g/mol. The lowest BCUT2D eigenvalue weighted by molar-refractivity contribution is -0.141. The Morgan fingerprint density at radius 2 is 1.83 bits per heavy atom. The quantitative estimate of drug-likeness (QED) is 0.868. The molecule has 9 heteroatoms. The van der Waals surface area contributed by atoms with Crippen molar-refractivity contribution in [3.63, 3.8) is 0 Å². The molecule has 24 heavy (non-hydrogen) atoms. The predicted molar refractivity (Wildman–Crippen MR) is 78.9 cm³/mol. The molecule has 0 fully saturated rings. The summed E-state index contributed by atoms with van der Waals surface area (Å²) in [6, 6.07) is 7.40. The number of halogens is 3. The fourth-order valence-corrected chi connectivity index (χ4v) is 1.92. The first-order valence-corrected chi connectivity index (χ1v) is 6.98. The summed E-state index contributed by atoms with van der Waals surface area (Å²) in [6.07, 6.45) is -3.44. The van der Waals surface area contributed by atoms with Gasteiger partial charge in [-0.25, -0.2) is 0 Å². The molecule has 2 aromatic rings. The van der Waals surface area contributed by atoms with Crippen molar-refractivity contribution in [2.45, 2.75) is 19.3 Å². The molecule has 1 aromatic heterocycles. The van der Waals surface area contributed by atoms with Crippen molar-refractivity contribution in [1.82, 2.24) is 20.4 Å². The average molecular weight is 340 g/mol. The third-order valence-electron chi connectivity index (χ3n) is 3.17. The second-order valence-corrected chi connectivity index (χ2v) is 4.95. The van der Waals surface area contributed by atoms with Crippen molar-refractivity contribution < 1.29 is 22.8 Å². The Kier molecular flexibility index (Phi) is 5.22. The normalized spacial score (nSPS) is 11.2. The molecule has 128 valence electrons. The summed E-state index contributed by atoms with van der Waals surface area (Å²) in [4.78, 5) is 23.1. The molecule has 0 aliphatic heterocycles. The Labute approximate surface area is 135 Å². The summed E-state index contributed by atoms with van der Waals surface area (Å²) < 4.78 is 38.2. The van der Waals surface area contributed by atoms with E-state index in [-0.39, 0.29) is 19.0 Å². The first-order valence-electron chi connectivity index (χ1n) is 6.98. The Morgan fingerprint density at radius 3 is 2.38 bits per heavy atom. The summed E-state index contributed by atoms with van der Waals surface area (Å²) in [5.74, 6) is -0.688. The molecule has 1 heterocycles. The Hall–Kier alpha value is -2.84. The summed E-state index contributed by atoms with van der Waals surface area (Å²) in [5, 5.41) is 8.37. The molecule has 0 spiro atoms. The van der Waals surface area contributed by atoms with Crippen LogP contribution < -0.4 is 10.6 Å². The highest BCUT2D eigenvalue weighted by Gasteiger charge is 2.33. The molecule has 0 saturated heterocycles. The van der Waals surface area contributed by atoms with Crippen molar-refractivity contribution in [2.75, 3.05) is 7.05 Å². The molecule has 0 aliphatic rings. The second-order valence-electron chi connectivity index (χ2n) is 4.95. The zero-order valence-electron chi connectivity index (χ0n) is 12.7. The van der Waals surface area contributed by atoms with Crippen LogP contribution in [0.15, 0.2) is 36.5 Å². The first kappa shape index (κ1) is 17.5. The standard InChI is InChI=1S/C15H15F3N4O2/c1-19-14(24)11-4-2-10(3-5-11)8-20-13(23)9-22-7-6-12(21-22)15(16,17)18/h2-7H,8-9H2,1H3,(H,19,24)(H,20,23). The highest BCUT2D eigenvalue weighted by Crippen LogP contribution is 2.27. The topological polar surface area (TPSA) is 76.0 Å². The van der Waals surface area contributed by atoms with E-state index in [1.807, 2.05) is 0 Å². The molecule has 0 atom stereocenters. The van der Waals surface area contributed by atoms with Crippen LogP contribution in [-0.4, -0.2) is 28.6 Å². The molecule has 2 rings (SSSR count). The fraction of sp³-hybridized carbons (Fsp3) is 0.267. The lowest BCUT2D eigenvalue weighted by Crippen LogP contribution is -2.27. The SMILES string of the molecule is CNC(=O)c1ccc(CNC(=O)Cn2ccc(C(F)(F)F)n2)cc1. The van der Waals surface area contributed by atoms with Gasteiger partial charge in [0, 0.05) is 25.4 Å². The van der Waals surface area contributed by atoms with E-state index in [4.69, 9.17) is 0 Å². The average Bonchev–Trinajstić information content (AvgIpc) is 3.01. The largest absolute Gasteiger partial charge is 0.435 e. The van der Waals surface area contributed by atoms with Crippen molar-refractivity contribution in [2.24, 2.45) is 0 Å². The summed E-state index contributed by atoms with van der Waals surface area (Å²) >= 11 is 0. The van der Waals surface area contributed by atoms with E-state index in [0.29, 0.717) is 5.56 Å². The van der Waals surface area contributed by atoms with Gasteiger partial charge in [-0.1, -0.05) is 12.1 Å². The molecule has 0 unspecified atom stereocenters. The lowest BCUT2D eigenvalue weighted by Gasteiger charge is -2.07. The van der Waals surface area contributed by atoms with Gasteiger partial charge in [-0.3, -0.25) is 14.3 Å². The fourth-order valence-electron chi connectivity index (χ4n) is 1.92. The van der Waals surface area contributed by atoms with Gasteiger partial charge in [0.05, 0.1) is 0 Å². The van der Waals surface area contributed by atoms with Crippen LogP contribution in [0.2, 0.25) is 0 Å². The molecule has 0 saturated carbocycles. The van der Waals surface area contributed by atoms with E-state index in [1.165, 1.54) is 7.05 Å². The molecular formula is C15H15F3N4O2. The lowest BCUT2D eigenvalue weighted by atomic mass is 10.1. The number of amides is 2. The van der Waals surface area contributed by atoms with Gasteiger partial charge in [-0.2, -0.15) is 18.3 Å². The van der Waals surface area contributed by atoms with Crippen LogP contribution in [0.3, 0.4) is 0 Å². The minimum absolute atomic E-state index is 0.195. The maximum absolute atomic E-state index is 12.4. The van der Waals surface area contributed by atoms with Gasteiger partial charge in [-0.15, -0.1) is 0 Å². The van der Waals surface area contributed by atoms with E-state index >= 15 is 0 Å². The Bertz CT molecular complexity index is 723. The van der Waals surface area contributed by atoms with Crippen LogP contribution in [0, 0.1) is 0 Å². The number of carbonyl (C=O) groups excluding carboxylic acids is 2. The smallest absolute Gasteiger partial charge is 0.355 e. The second kappa shape index (κ2) is 7.16. The molecule has 2 amide bonds. The van der Waals surface area contributed by atoms with E-state index in [0.717, 1.165) is 22.5 Å². The zero-order chi connectivity index (χ0) is 17.7. The van der Waals surface area contributed by atoms with E-state index in [1.54, 1.807) is 24.3 Å². The first-order chi connectivity index (χ1) is 11.3. The third-order valence-corrected chi connectivity index (χ3v) is 3.17. The van der Waals surface area contributed by atoms with Crippen LogP contribution in [0.4, 0.5) is 13.2 Å². The number of rotatable bonds is 5. The minimum atomic E-state index is -4.53. The Balaban J connectivity index is 1.87. The van der Waals surface area contributed by atoms with Crippen LogP contribution in [0.25, 0.3) is 0 Å². The maximum Gasteiger partial charge on any atom is 0.435 e. The van der Waals surface area contributed by atoms with Gasteiger partial charge >= 0.3 is 6.18 Å². The molecule has 6 nitrogen and oxygen atoms in total. The molecule has 0 aliphatic carbocycles. The monoisotopic (exact) mass is 340 g/mol. The van der Waals surface area contributed by atoms with Crippen LogP contribution in [0.1, 0.15) is 21.6 Å². The van der Waals surface area contributed by atoms with Gasteiger partial charge < -0.3 is 10.6 Å². The van der Waals surface area contributed by atoms with Gasteiger partial charge in [0.25, 0.3) is 5.91 Å². The number of hydrogen-bond donors (Lipinski definition) is 2. The minimum Gasteiger partial charge on any atom is -0.355 e. The van der Waals surface area contributed by atoms with Crippen LogP contribution in [0.5, 0.6) is 0 Å². The van der Waals surface area contributed by atoms with Gasteiger partial charge in [-0.05, 0) is 23.8 Å². The van der Waals surface area contributed by atoms with Crippen molar-refractivity contribution in [3.8, 4) is 0 Å². The van der Waals surface area contributed by atoms with Gasteiger partial charge in [0.2, 0.25) is 5.91 Å². The van der Waals surface area contributed by atoms with Gasteiger partial charge in [0.15, 0.2) is 5.69 Å². The molecule has 0 bridgehead atoms. The number of benzene rings is 1. The highest BCUT2D eigenvalue weighted by atomic mass is 19.4. The summed E-state index contributed by atoms with van der Waals surface area (Å²) in [6.45, 7) is -0.118. The zero-order valence-corrected chi connectivity index (χ0v) is 12.7. The van der Waals surface area contributed by atoms with Crippen molar-refractivity contribution in [3.05, 3.63) is 53.3 Å². The maximum atomic E-state index is 12.4. The number of alkyl halides is 3. The third kappa shape index (κ3) is 4.58. The molecule has 1 aromatic carbocycles. The summed E-state index contributed by atoms with van der Waals surface area (Å²) in [7, 11) is 1.52. The Morgan fingerprint density at radius 1 is 1.17 bits per heavy atom. The number of carbonyl (C=O) groups is 2. The van der Waals surface area contributed by atoms with Gasteiger partial charge in [0.1, 0.15) is 6.54 Å². The number of aromatic nitrogens is 2. The van der Waals surface area contributed by atoms with E-state index < -0.39 is 17.8 Å². The summed E-state index contributed by atoms with van der Waals surface area (Å²) in [5.41, 5.74) is 0.205. The van der Waals surface area contributed by atoms with E-state index in [2.05, 4.69) is 15.7 Å².